The number of hydrogen-bond acceptors (Lipinski definition) is 9. The molecule has 4 aliphatic heterocycles. The molecule has 0 spiro atoms. The minimum Gasteiger partial charge on any atom is -0.351 e. The standard InChI is InChI=1S/C47H53ClFN9O4/c1-54-41-26-34(7-10-39(41)58(47(54)62)40-11-12-42(59)52-45(40)61)32-15-21-55(22-16-32)28-30-13-19-56(20-14-30)29-43(60)57-23-17-37(18-24-57)51-46-50-27-38(48)44(53-46)35-4-2-3-33(25-35)31-5-8-36(49)9-6-31/h2-10,25-27,30,32,37,40H,11-24,28-29H2,1H3,(H,50,51,53)(H,52,59,61). The van der Waals surface area contributed by atoms with Gasteiger partial charge in [0, 0.05) is 44.7 Å². The van der Waals surface area contributed by atoms with Crippen molar-refractivity contribution in [3.8, 4) is 22.4 Å². The molecule has 3 aromatic carbocycles. The normalized spacial score (nSPS) is 20.2. The number of hydrogen-bond donors (Lipinski definition) is 2. The molecule has 0 saturated carbocycles. The summed E-state index contributed by atoms with van der Waals surface area (Å²) in [5.41, 5.74) is 5.83. The van der Waals surface area contributed by atoms with Crippen LogP contribution in [0.4, 0.5) is 10.3 Å². The Labute approximate surface area is 365 Å². The lowest BCUT2D eigenvalue weighted by atomic mass is 9.88. The number of nitrogens with zero attached hydrogens (tertiary/aromatic N) is 7. The van der Waals surface area contributed by atoms with E-state index in [0.717, 1.165) is 99.0 Å². The fourth-order valence-electron chi connectivity index (χ4n) is 9.88. The van der Waals surface area contributed by atoms with Crippen molar-refractivity contribution in [2.75, 3.05) is 57.7 Å². The third-order valence-electron chi connectivity index (χ3n) is 13.5. The van der Waals surface area contributed by atoms with Crippen LogP contribution in [0, 0.1) is 11.7 Å². The average molecular weight is 862 g/mol. The van der Waals surface area contributed by atoms with Crippen LogP contribution in [0.5, 0.6) is 0 Å². The van der Waals surface area contributed by atoms with E-state index in [0.29, 0.717) is 54.6 Å². The smallest absolute Gasteiger partial charge is 0.329 e. The number of imidazole rings is 1. The fraction of sp³-hybridized carbons (Fsp3) is 0.447. The molecule has 0 radical (unpaired) electrons. The van der Waals surface area contributed by atoms with Crippen LogP contribution in [-0.4, -0.2) is 110 Å². The first kappa shape index (κ1) is 41.9. The van der Waals surface area contributed by atoms with Gasteiger partial charge in [-0.2, -0.15) is 0 Å². The Kier molecular flexibility index (Phi) is 12.2. The number of carbonyl (C=O) groups is 3. The van der Waals surface area contributed by atoms with Gasteiger partial charge >= 0.3 is 5.69 Å². The number of imide groups is 1. The molecule has 4 fully saturated rings. The van der Waals surface area contributed by atoms with E-state index in [4.69, 9.17) is 16.6 Å². The number of aromatic nitrogens is 4. The van der Waals surface area contributed by atoms with E-state index in [-0.39, 0.29) is 35.8 Å². The van der Waals surface area contributed by atoms with Crippen LogP contribution in [0.2, 0.25) is 5.02 Å². The third kappa shape index (κ3) is 9.04. The van der Waals surface area contributed by atoms with Crippen molar-refractivity contribution in [2.45, 2.75) is 69.4 Å². The van der Waals surface area contributed by atoms with Gasteiger partial charge in [0.05, 0.1) is 34.5 Å². The van der Waals surface area contributed by atoms with E-state index >= 15 is 0 Å². The molecule has 3 amide bonds. The number of benzene rings is 3. The Morgan fingerprint density at radius 3 is 2.29 bits per heavy atom. The molecule has 2 aromatic heterocycles. The first-order valence-electron chi connectivity index (χ1n) is 22.0. The molecular formula is C47H53ClFN9O4. The molecular weight excluding hydrogens is 809 g/mol. The molecule has 15 heteroatoms. The Morgan fingerprint density at radius 1 is 0.823 bits per heavy atom. The molecule has 0 bridgehead atoms. The van der Waals surface area contributed by atoms with E-state index in [9.17, 15) is 23.6 Å². The molecule has 62 heavy (non-hydrogen) atoms. The quantitative estimate of drug-likeness (QED) is 0.157. The summed E-state index contributed by atoms with van der Waals surface area (Å²) in [6.07, 6.45) is 8.05. The second-order valence-electron chi connectivity index (χ2n) is 17.5. The Balaban J connectivity index is 0.706. The zero-order valence-electron chi connectivity index (χ0n) is 35.1. The Morgan fingerprint density at radius 2 is 1.55 bits per heavy atom. The summed E-state index contributed by atoms with van der Waals surface area (Å²) in [5, 5.41) is 6.31. The zero-order valence-corrected chi connectivity index (χ0v) is 35.8. The van der Waals surface area contributed by atoms with Gasteiger partial charge in [-0.1, -0.05) is 48.0 Å². The zero-order chi connectivity index (χ0) is 42.9. The van der Waals surface area contributed by atoms with E-state index in [1.807, 2.05) is 35.2 Å². The number of carbonyl (C=O) groups excluding carboxylic acids is 3. The lowest BCUT2D eigenvalue weighted by molar-refractivity contribution is -0.136. The maximum Gasteiger partial charge on any atom is 0.329 e. The molecule has 1 atom stereocenters. The van der Waals surface area contributed by atoms with Crippen molar-refractivity contribution < 1.29 is 18.8 Å². The van der Waals surface area contributed by atoms with Crippen LogP contribution in [-0.2, 0) is 21.4 Å². The van der Waals surface area contributed by atoms with Crippen molar-refractivity contribution >= 4 is 46.3 Å². The highest BCUT2D eigenvalue weighted by molar-refractivity contribution is 6.33. The van der Waals surface area contributed by atoms with Gasteiger partial charge in [0.2, 0.25) is 23.7 Å². The minimum absolute atomic E-state index is 0.137. The van der Waals surface area contributed by atoms with E-state index in [1.165, 1.54) is 17.7 Å². The minimum atomic E-state index is -0.681. The molecule has 0 aliphatic carbocycles. The van der Waals surface area contributed by atoms with Gasteiger partial charge in [-0.3, -0.25) is 33.7 Å². The van der Waals surface area contributed by atoms with E-state index in [2.05, 4.69) is 37.6 Å². The highest BCUT2D eigenvalue weighted by Crippen LogP contribution is 2.34. The predicted molar refractivity (Wildman–Crippen MR) is 237 cm³/mol. The fourth-order valence-corrected chi connectivity index (χ4v) is 10.1. The van der Waals surface area contributed by atoms with Gasteiger partial charge in [0.1, 0.15) is 11.9 Å². The number of amides is 3. The van der Waals surface area contributed by atoms with Gasteiger partial charge in [-0.25, -0.2) is 19.2 Å². The predicted octanol–water partition coefficient (Wildman–Crippen LogP) is 6.23. The summed E-state index contributed by atoms with van der Waals surface area (Å²) < 4.78 is 16.7. The lowest BCUT2D eigenvalue weighted by Gasteiger charge is -2.38. The summed E-state index contributed by atoms with van der Waals surface area (Å²) in [5.74, 6) is 0.730. The highest BCUT2D eigenvalue weighted by atomic mass is 35.5. The molecule has 324 valence electrons. The number of nitrogens with one attached hydrogen (secondary N) is 2. The molecule has 5 aromatic rings. The number of anilines is 1. The SMILES string of the molecule is Cn1c(=O)n(C2CCC(=O)NC2=O)c2ccc(C3CCN(CC4CCN(CC(=O)N5CCC(Nc6ncc(Cl)c(-c7cccc(-c8ccc(F)cc8)c7)n6)CC5)CC4)CC3)cc21. The second-order valence-corrected chi connectivity index (χ2v) is 17.9. The first-order valence-corrected chi connectivity index (χ1v) is 22.4. The van der Waals surface area contributed by atoms with Crippen molar-refractivity contribution in [2.24, 2.45) is 13.0 Å². The first-order chi connectivity index (χ1) is 30.1. The summed E-state index contributed by atoms with van der Waals surface area (Å²) in [6.45, 7) is 6.84. The van der Waals surface area contributed by atoms with E-state index < -0.39 is 11.9 Å². The van der Waals surface area contributed by atoms with Crippen molar-refractivity contribution in [3.63, 3.8) is 0 Å². The van der Waals surface area contributed by atoms with E-state index in [1.54, 1.807) is 34.5 Å². The third-order valence-corrected chi connectivity index (χ3v) is 13.8. The topological polar surface area (TPSA) is 138 Å². The number of aryl methyl sites for hydroxylation is 1. The van der Waals surface area contributed by atoms with Crippen LogP contribution >= 0.6 is 11.6 Å². The molecule has 4 saturated heterocycles. The van der Waals surface area contributed by atoms with Crippen molar-refractivity contribution in [3.05, 3.63) is 99.8 Å². The molecule has 13 nitrogen and oxygen atoms in total. The summed E-state index contributed by atoms with van der Waals surface area (Å²) in [6, 6.07) is 19.9. The maximum atomic E-state index is 13.5. The van der Waals surface area contributed by atoms with Crippen LogP contribution in [0.25, 0.3) is 33.4 Å². The van der Waals surface area contributed by atoms with Crippen molar-refractivity contribution in [1.82, 2.24) is 39.1 Å². The lowest BCUT2D eigenvalue weighted by Crippen LogP contribution is -2.48. The number of piperidine rings is 4. The number of rotatable bonds is 10. The van der Waals surface area contributed by atoms with Gasteiger partial charge in [0.15, 0.2) is 0 Å². The molecule has 2 N–H and O–H groups in total. The summed E-state index contributed by atoms with van der Waals surface area (Å²) in [7, 11) is 1.75. The number of halogens is 2. The largest absolute Gasteiger partial charge is 0.351 e. The van der Waals surface area contributed by atoms with Crippen LogP contribution in [0.3, 0.4) is 0 Å². The van der Waals surface area contributed by atoms with Crippen LogP contribution in [0.1, 0.15) is 68.9 Å². The van der Waals surface area contributed by atoms with Crippen LogP contribution in [0.15, 0.2) is 77.7 Å². The second kappa shape index (κ2) is 18.1. The number of fused-ring (bicyclic) bond motifs is 1. The summed E-state index contributed by atoms with van der Waals surface area (Å²) >= 11 is 6.57. The molecule has 4 aliphatic rings. The summed E-state index contributed by atoms with van der Waals surface area (Å²) in [4.78, 5) is 67.1. The Bertz CT molecular complexity index is 2520. The van der Waals surface area contributed by atoms with Gasteiger partial charge in [-0.05, 0) is 130 Å². The van der Waals surface area contributed by atoms with Crippen molar-refractivity contribution in [1.29, 1.82) is 0 Å². The highest BCUT2D eigenvalue weighted by Gasteiger charge is 2.33. The monoisotopic (exact) mass is 861 g/mol. The van der Waals surface area contributed by atoms with Gasteiger partial charge in [-0.15, -0.1) is 0 Å². The number of likely N-dealkylation sites (tertiary alicyclic amines) is 3. The molecule has 1 unspecified atom stereocenters. The Hall–Kier alpha value is -5.44. The maximum absolute atomic E-state index is 13.5. The molecule has 6 heterocycles. The van der Waals surface area contributed by atoms with Crippen LogP contribution < -0.4 is 16.3 Å². The van der Waals surface area contributed by atoms with Gasteiger partial charge in [0.25, 0.3) is 0 Å². The molecule has 9 rings (SSSR count). The average Bonchev–Trinajstić information content (AvgIpc) is 3.53. The van der Waals surface area contributed by atoms with Gasteiger partial charge < -0.3 is 15.1 Å².